The molecule has 0 unspecified atom stereocenters. The molecule has 74 valence electrons. The average Bonchev–Trinajstić information content (AvgIpc) is 2.46. The van der Waals surface area contributed by atoms with Crippen LogP contribution in [0.15, 0.2) is 28.9 Å². The summed E-state index contributed by atoms with van der Waals surface area (Å²) in [6.07, 6.45) is 1.46. The van der Waals surface area contributed by atoms with Crippen molar-refractivity contribution in [2.75, 3.05) is 0 Å². The second-order valence-corrected chi connectivity index (χ2v) is 3.25. The molecule has 0 radical (unpaired) electrons. The minimum absolute atomic E-state index is 0. The van der Waals surface area contributed by atoms with Gasteiger partial charge >= 0.3 is 58.4 Å². The molecule has 1 heterocycles. The number of rotatable bonds is 1. The zero-order valence-electron chi connectivity index (χ0n) is 8.43. The monoisotopic (exact) mass is 238 g/mol. The van der Waals surface area contributed by atoms with Crippen LogP contribution in [0.1, 0.15) is 5.56 Å². The Hall–Kier alpha value is 0.251. The topological polar surface area (TPSA) is 13.1 Å². The number of furan rings is 1. The third-order valence-electron chi connectivity index (χ3n) is 2.17. The number of benzene rings is 1. The third kappa shape index (κ3) is 2.68. The molecule has 1 nitrogen and oxygen atoms in total. The molecule has 0 saturated carbocycles. The van der Waals surface area contributed by atoms with Crippen LogP contribution in [-0.4, -0.2) is 6.98 Å². The van der Waals surface area contributed by atoms with E-state index >= 15 is 0 Å². The molecular weight excluding hydrogens is 231 g/mol. The van der Waals surface area contributed by atoms with Crippen molar-refractivity contribution >= 4 is 23.4 Å². The van der Waals surface area contributed by atoms with Gasteiger partial charge in [-0.3, -0.25) is 0 Å². The summed E-state index contributed by atoms with van der Waals surface area (Å²) in [5.74, 6) is 0. The maximum Gasteiger partial charge on any atom is 1.00 e. The quantitative estimate of drug-likeness (QED) is 0.627. The van der Waals surface area contributed by atoms with Crippen LogP contribution in [-0.2, 0) is 0 Å². The van der Waals surface area contributed by atoms with Gasteiger partial charge in [0.1, 0.15) is 5.58 Å². The maximum absolute atomic E-state index is 12.4. The third-order valence-corrected chi connectivity index (χ3v) is 2.17. The van der Waals surface area contributed by atoms with Gasteiger partial charge in [0.05, 0.1) is 6.26 Å². The van der Waals surface area contributed by atoms with Gasteiger partial charge in [-0.2, -0.15) is 0 Å². The minimum Gasteiger partial charge on any atom is -0.464 e. The molecule has 2 aromatic rings. The van der Waals surface area contributed by atoms with Crippen molar-refractivity contribution in [2.24, 2.45) is 0 Å². The molecule has 0 atom stereocenters. The van der Waals surface area contributed by atoms with E-state index in [4.69, 9.17) is 4.42 Å². The van der Waals surface area contributed by atoms with Gasteiger partial charge in [-0.05, 0) is 18.6 Å². The predicted molar refractivity (Wildman–Crippen MR) is 49.7 cm³/mol. The SMILES string of the molecule is Cc1coc2ccc([B-](F)(F)F)cc12.[K+]. The van der Waals surface area contributed by atoms with Crippen LogP contribution in [0.2, 0.25) is 0 Å². The molecule has 0 N–H and O–H groups in total. The van der Waals surface area contributed by atoms with Gasteiger partial charge in [-0.25, -0.2) is 0 Å². The predicted octanol–water partition coefficient (Wildman–Crippen LogP) is -0.200. The minimum atomic E-state index is -4.92. The largest absolute Gasteiger partial charge is 1.00 e. The van der Waals surface area contributed by atoms with Crippen molar-refractivity contribution in [2.45, 2.75) is 6.92 Å². The van der Waals surface area contributed by atoms with Crippen LogP contribution in [0.25, 0.3) is 11.0 Å². The molecule has 0 aliphatic rings. The number of fused-ring (bicyclic) bond motifs is 1. The maximum atomic E-state index is 12.4. The zero-order chi connectivity index (χ0) is 10.3. The van der Waals surface area contributed by atoms with Crippen LogP contribution in [0.3, 0.4) is 0 Å². The molecule has 0 spiro atoms. The summed E-state index contributed by atoms with van der Waals surface area (Å²) in [6, 6.07) is 3.53. The molecule has 1 aromatic carbocycles. The Labute approximate surface area is 127 Å². The number of halogens is 3. The Kier molecular flexibility index (Phi) is 4.11. The summed E-state index contributed by atoms with van der Waals surface area (Å²) in [6.45, 7) is -3.20. The first-order valence-electron chi connectivity index (χ1n) is 4.16. The molecule has 2 rings (SSSR count). The molecule has 0 amide bonds. The van der Waals surface area contributed by atoms with Gasteiger partial charge < -0.3 is 17.4 Å². The molecule has 0 aliphatic heterocycles. The van der Waals surface area contributed by atoms with Crippen molar-refractivity contribution in [3.05, 3.63) is 30.0 Å². The van der Waals surface area contributed by atoms with Crippen LogP contribution < -0.4 is 56.8 Å². The first-order valence-corrected chi connectivity index (χ1v) is 4.16. The molecule has 1 aromatic heterocycles. The van der Waals surface area contributed by atoms with E-state index in [0.717, 1.165) is 17.7 Å². The molecule has 0 fully saturated rings. The average molecular weight is 238 g/mol. The first-order chi connectivity index (χ1) is 6.48. The second-order valence-electron chi connectivity index (χ2n) is 3.25. The summed E-state index contributed by atoms with van der Waals surface area (Å²) in [5, 5.41) is 0.529. The Morgan fingerprint density at radius 1 is 1.20 bits per heavy atom. The van der Waals surface area contributed by atoms with E-state index in [9.17, 15) is 12.9 Å². The second kappa shape index (κ2) is 4.63. The van der Waals surface area contributed by atoms with Crippen LogP contribution in [0.4, 0.5) is 12.9 Å². The van der Waals surface area contributed by atoms with Gasteiger partial charge in [0.15, 0.2) is 0 Å². The molecule has 0 saturated heterocycles. The van der Waals surface area contributed by atoms with E-state index < -0.39 is 12.4 Å². The first kappa shape index (κ1) is 13.3. The summed E-state index contributed by atoms with van der Waals surface area (Å²) in [5.41, 5.74) is 0.634. The standard InChI is InChI=1S/C9H7BF3O.K/c1-6-5-14-9-3-2-7(4-8(6)9)10(11,12)13;/h2-5H,1H3;/q-1;+1. The van der Waals surface area contributed by atoms with Gasteiger partial charge in [-0.15, -0.1) is 5.46 Å². The number of aryl methyl sites for hydroxylation is 1. The van der Waals surface area contributed by atoms with Crippen molar-refractivity contribution in [3.63, 3.8) is 0 Å². The molecule has 15 heavy (non-hydrogen) atoms. The van der Waals surface area contributed by atoms with Gasteiger partial charge in [-0.1, -0.05) is 12.1 Å². The molecule has 0 bridgehead atoms. The normalized spacial score (nSPS) is 11.5. The summed E-state index contributed by atoms with van der Waals surface area (Å²) < 4.78 is 42.2. The van der Waals surface area contributed by atoms with Crippen LogP contribution >= 0.6 is 0 Å². The number of hydrogen-bond acceptors (Lipinski definition) is 1. The van der Waals surface area contributed by atoms with E-state index in [-0.39, 0.29) is 51.4 Å². The Bertz CT molecular complexity index is 478. The Balaban J connectivity index is 0.00000112. The summed E-state index contributed by atoms with van der Waals surface area (Å²) in [4.78, 5) is 0. The van der Waals surface area contributed by atoms with Crippen molar-refractivity contribution in [1.29, 1.82) is 0 Å². The fraction of sp³-hybridized carbons (Fsp3) is 0.111. The summed E-state index contributed by atoms with van der Waals surface area (Å²) in [7, 11) is 0. The number of hydrogen-bond donors (Lipinski definition) is 0. The van der Waals surface area contributed by atoms with Crippen LogP contribution in [0, 0.1) is 6.92 Å². The van der Waals surface area contributed by atoms with Crippen molar-refractivity contribution < 1.29 is 68.7 Å². The van der Waals surface area contributed by atoms with E-state index in [1.165, 1.54) is 12.3 Å². The smallest absolute Gasteiger partial charge is 0.464 e. The van der Waals surface area contributed by atoms with E-state index in [2.05, 4.69) is 0 Å². The molecular formula is C9H7BF3KO. The van der Waals surface area contributed by atoms with E-state index in [0.29, 0.717) is 11.0 Å². The summed E-state index contributed by atoms with van der Waals surface area (Å²) >= 11 is 0. The van der Waals surface area contributed by atoms with Gasteiger partial charge in [0, 0.05) is 5.39 Å². The van der Waals surface area contributed by atoms with Crippen molar-refractivity contribution in [1.82, 2.24) is 0 Å². The van der Waals surface area contributed by atoms with Crippen molar-refractivity contribution in [3.8, 4) is 0 Å². The Morgan fingerprint density at radius 2 is 1.87 bits per heavy atom. The van der Waals surface area contributed by atoms with E-state index in [1.54, 1.807) is 6.92 Å². The van der Waals surface area contributed by atoms with Gasteiger partial charge in [0.25, 0.3) is 0 Å². The fourth-order valence-corrected chi connectivity index (χ4v) is 1.38. The van der Waals surface area contributed by atoms with E-state index in [1.807, 2.05) is 0 Å². The fourth-order valence-electron chi connectivity index (χ4n) is 1.38. The molecule has 0 aliphatic carbocycles. The Morgan fingerprint density at radius 3 is 2.47 bits per heavy atom. The molecule has 6 heteroatoms. The zero-order valence-corrected chi connectivity index (χ0v) is 11.6. The van der Waals surface area contributed by atoms with Gasteiger partial charge in [0.2, 0.25) is 0 Å². The van der Waals surface area contributed by atoms with Crippen LogP contribution in [0.5, 0.6) is 0 Å².